The highest BCUT2D eigenvalue weighted by Crippen LogP contribution is 2.33. The molecule has 0 radical (unpaired) electrons. The maximum atomic E-state index is 5.97. The lowest BCUT2D eigenvalue weighted by molar-refractivity contribution is 0.291. The maximum Gasteiger partial charge on any atom is 0.321 e. The molecule has 0 aliphatic rings. The summed E-state index contributed by atoms with van der Waals surface area (Å²) in [6.45, 7) is 6.53. The Hall–Kier alpha value is -1.88. The van der Waals surface area contributed by atoms with Gasteiger partial charge in [-0.05, 0) is 49.1 Å². The summed E-state index contributed by atoms with van der Waals surface area (Å²) in [5.41, 5.74) is 2.92. The van der Waals surface area contributed by atoms with Gasteiger partial charge in [-0.2, -0.15) is 15.0 Å². The molecule has 0 unspecified atom stereocenters. The lowest BCUT2D eigenvalue weighted by Crippen LogP contribution is -2.04. The molecule has 0 spiro atoms. The summed E-state index contributed by atoms with van der Waals surface area (Å²) in [7, 11) is 1.62. The first-order valence-electron chi connectivity index (χ1n) is 6.75. The molecule has 1 aromatic heterocycles. The van der Waals surface area contributed by atoms with Crippen LogP contribution < -0.4 is 9.47 Å². The second-order valence-electron chi connectivity index (χ2n) is 4.72. The Morgan fingerprint density at radius 1 is 1.14 bits per heavy atom. The van der Waals surface area contributed by atoms with Crippen LogP contribution in [-0.4, -0.2) is 28.7 Å². The lowest BCUT2D eigenvalue weighted by Gasteiger charge is -2.12. The van der Waals surface area contributed by atoms with Crippen LogP contribution in [0.5, 0.6) is 11.8 Å². The molecule has 0 aliphatic heterocycles. The van der Waals surface area contributed by atoms with Gasteiger partial charge >= 0.3 is 6.01 Å². The summed E-state index contributed by atoms with van der Waals surface area (Å²) in [6, 6.07) is 4.21. The summed E-state index contributed by atoms with van der Waals surface area (Å²) in [5, 5.41) is 0.105. The van der Waals surface area contributed by atoms with Gasteiger partial charge in [0.05, 0.1) is 19.3 Å². The predicted octanol–water partition coefficient (Wildman–Crippen LogP) is 3.61. The number of hydrogen-bond acceptors (Lipinski definition) is 5. The summed E-state index contributed by atoms with van der Waals surface area (Å²) in [5.74, 6) is 1.16. The van der Waals surface area contributed by atoms with Crippen molar-refractivity contribution in [3.05, 3.63) is 28.5 Å². The molecule has 6 heteroatoms. The summed E-state index contributed by atoms with van der Waals surface area (Å²) < 4.78 is 10.9. The van der Waals surface area contributed by atoms with E-state index >= 15 is 0 Å². The number of methoxy groups -OCH3 is 1. The fourth-order valence-corrected chi connectivity index (χ4v) is 2.23. The molecule has 0 bridgehead atoms. The molecule has 0 atom stereocenters. The van der Waals surface area contributed by atoms with E-state index < -0.39 is 0 Å². The SMILES string of the molecule is CCCOc1nc(Cl)nc(-c2c(C)cc(C)cc2OC)n1. The zero-order valence-corrected chi connectivity index (χ0v) is 13.4. The van der Waals surface area contributed by atoms with Crippen LogP contribution in [0.15, 0.2) is 12.1 Å². The standard InChI is InChI=1S/C15H18ClN3O2/c1-5-6-21-15-18-13(17-14(16)19-15)12-10(3)7-9(2)8-11(12)20-4/h7-8H,5-6H2,1-4H3. The fourth-order valence-electron chi connectivity index (χ4n) is 2.08. The minimum absolute atomic E-state index is 0.105. The smallest absolute Gasteiger partial charge is 0.321 e. The van der Waals surface area contributed by atoms with Crippen molar-refractivity contribution >= 4 is 11.6 Å². The Balaban J connectivity index is 2.53. The highest BCUT2D eigenvalue weighted by Gasteiger charge is 2.16. The quantitative estimate of drug-likeness (QED) is 0.844. The number of aromatic nitrogens is 3. The van der Waals surface area contributed by atoms with Crippen molar-refractivity contribution in [2.24, 2.45) is 0 Å². The topological polar surface area (TPSA) is 57.1 Å². The van der Waals surface area contributed by atoms with Crippen molar-refractivity contribution in [1.82, 2.24) is 15.0 Å². The van der Waals surface area contributed by atoms with Gasteiger partial charge in [0.25, 0.3) is 0 Å². The summed E-state index contributed by atoms with van der Waals surface area (Å²) >= 11 is 5.97. The Labute approximate surface area is 129 Å². The van der Waals surface area contributed by atoms with Gasteiger partial charge in [-0.15, -0.1) is 0 Å². The van der Waals surface area contributed by atoms with Crippen LogP contribution in [0.1, 0.15) is 24.5 Å². The van der Waals surface area contributed by atoms with E-state index in [2.05, 4.69) is 15.0 Å². The molecule has 0 aliphatic carbocycles. The highest BCUT2D eigenvalue weighted by atomic mass is 35.5. The largest absolute Gasteiger partial charge is 0.496 e. The number of hydrogen-bond donors (Lipinski definition) is 0. The van der Waals surface area contributed by atoms with Crippen molar-refractivity contribution < 1.29 is 9.47 Å². The molecule has 0 amide bonds. The van der Waals surface area contributed by atoms with E-state index in [1.807, 2.05) is 32.9 Å². The molecule has 1 heterocycles. The Kier molecular flexibility index (Phi) is 4.96. The van der Waals surface area contributed by atoms with Gasteiger partial charge in [-0.25, -0.2) is 0 Å². The van der Waals surface area contributed by atoms with Crippen LogP contribution >= 0.6 is 11.6 Å². The molecule has 2 rings (SSSR count). The first kappa shape index (κ1) is 15.5. The van der Waals surface area contributed by atoms with Crippen LogP contribution in [0.3, 0.4) is 0 Å². The molecular weight excluding hydrogens is 290 g/mol. The van der Waals surface area contributed by atoms with E-state index in [1.165, 1.54) is 0 Å². The lowest BCUT2D eigenvalue weighted by atomic mass is 10.0. The highest BCUT2D eigenvalue weighted by molar-refractivity contribution is 6.28. The first-order valence-corrected chi connectivity index (χ1v) is 7.13. The van der Waals surface area contributed by atoms with E-state index in [9.17, 15) is 0 Å². The predicted molar refractivity (Wildman–Crippen MR) is 82.1 cm³/mol. The molecule has 5 nitrogen and oxygen atoms in total. The molecule has 21 heavy (non-hydrogen) atoms. The van der Waals surface area contributed by atoms with Crippen LogP contribution in [-0.2, 0) is 0 Å². The fraction of sp³-hybridized carbons (Fsp3) is 0.400. The van der Waals surface area contributed by atoms with Crippen LogP contribution in [0, 0.1) is 13.8 Å². The number of nitrogens with zero attached hydrogens (tertiary/aromatic N) is 3. The molecule has 0 saturated carbocycles. The maximum absolute atomic E-state index is 5.97. The van der Waals surface area contributed by atoms with Crippen molar-refractivity contribution in [2.45, 2.75) is 27.2 Å². The Morgan fingerprint density at radius 2 is 1.90 bits per heavy atom. The van der Waals surface area contributed by atoms with Gasteiger partial charge in [0.1, 0.15) is 5.75 Å². The van der Waals surface area contributed by atoms with Crippen LogP contribution in [0.2, 0.25) is 5.28 Å². The number of aryl methyl sites for hydroxylation is 2. The van der Waals surface area contributed by atoms with Gasteiger partial charge < -0.3 is 9.47 Å². The average Bonchev–Trinajstić information content (AvgIpc) is 2.43. The third-order valence-electron chi connectivity index (χ3n) is 2.91. The van der Waals surface area contributed by atoms with E-state index in [4.69, 9.17) is 21.1 Å². The minimum Gasteiger partial charge on any atom is -0.496 e. The van der Waals surface area contributed by atoms with Crippen molar-refractivity contribution in [3.8, 4) is 23.1 Å². The Bertz CT molecular complexity index is 647. The van der Waals surface area contributed by atoms with E-state index in [1.54, 1.807) is 7.11 Å². The van der Waals surface area contributed by atoms with Gasteiger partial charge in [-0.3, -0.25) is 0 Å². The first-order chi connectivity index (χ1) is 10.0. The zero-order chi connectivity index (χ0) is 15.4. The number of benzene rings is 1. The van der Waals surface area contributed by atoms with Gasteiger partial charge in [0.15, 0.2) is 5.82 Å². The van der Waals surface area contributed by atoms with E-state index in [0.717, 1.165) is 23.1 Å². The van der Waals surface area contributed by atoms with Gasteiger partial charge in [0.2, 0.25) is 5.28 Å². The molecule has 1 aromatic carbocycles. The molecule has 0 fully saturated rings. The zero-order valence-electron chi connectivity index (χ0n) is 12.6. The molecule has 0 N–H and O–H groups in total. The molecular formula is C15H18ClN3O2. The van der Waals surface area contributed by atoms with Crippen molar-refractivity contribution in [3.63, 3.8) is 0 Å². The van der Waals surface area contributed by atoms with E-state index in [0.29, 0.717) is 18.2 Å². The summed E-state index contributed by atoms with van der Waals surface area (Å²) in [4.78, 5) is 12.5. The van der Waals surface area contributed by atoms with Crippen LogP contribution in [0.25, 0.3) is 11.4 Å². The second kappa shape index (κ2) is 6.72. The normalized spacial score (nSPS) is 10.5. The van der Waals surface area contributed by atoms with Crippen molar-refractivity contribution in [2.75, 3.05) is 13.7 Å². The minimum atomic E-state index is 0.105. The molecule has 112 valence electrons. The molecule has 0 saturated heterocycles. The average molecular weight is 308 g/mol. The number of rotatable bonds is 5. The van der Waals surface area contributed by atoms with Crippen LogP contribution in [0.4, 0.5) is 0 Å². The number of halogens is 1. The number of ether oxygens (including phenoxy) is 2. The Morgan fingerprint density at radius 3 is 2.57 bits per heavy atom. The monoisotopic (exact) mass is 307 g/mol. The third kappa shape index (κ3) is 3.61. The van der Waals surface area contributed by atoms with Gasteiger partial charge in [-0.1, -0.05) is 13.0 Å². The molecule has 2 aromatic rings. The second-order valence-corrected chi connectivity index (χ2v) is 5.06. The summed E-state index contributed by atoms with van der Waals surface area (Å²) in [6.07, 6.45) is 0.867. The van der Waals surface area contributed by atoms with Crippen molar-refractivity contribution in [1.29, 1.82) is 0 Å². The van der Waals surface area contributed by atoms with E-state index in [-0.39, 0.29) is 11.3 Å². The van der Waals surface area contributed by atoms with Gasteiger partial charge in [0, 0.05) is 0 Å². The third-order valence-corrected chi connectivity index (χ3v) is 3.08.